The molecule has 3 saturated carbocycles. The summed E-state index contributed by atoms with van der Waals surface area (Å²) in [6.45, 7) is 8.86. The largest absolute Gasteiger partial charge is 0.464 e. The van der Waals surface area contributed by atoms with E-state index in [0.29, 0.717) is 43.8 Å². The molecular weight excluding hydrogens is 983 g/mol. The van der Waals surface area contributed by atoms with E-state index in [2.05, 4.69) is 67.8 Å². The molecule has 1 heterocycles. The molecule has 1 aliphatic heterocycles. The summed E-state index contributed by atoms with van der Waals surface area (Å²) in [7, 11) is 0. The van der Waals surface area contributed by atoms with Crippen LogP contribution in [0.1, 0.15) is 219 Å². The fourth-order valence-corrected chi connectivity index (χ4v) is 11.9. The molecule has 1 atom stereocenters. The molecule has 0 bridgehead atoms. The molecule has 79 heavy (non-hydrogen) atoms. The van der Waals surface area contributed by atoms with Crippen molar-refractivity contribution in [3.05, 3.63) is 120 Å². The van der Waals surface area contributed by atoms with Crippen molar-refractivity contribution < 1.29 is 37.6 Å². The van der Waals surface area contributed by atoms with Gasteiger partial charge >= 0.3 is 17.9 Å². The second-order valence-electron chi connectivity index (χ2n) is 22.7. The molecule has 1 saturated heterocycles. The minimum Gasteiger partial charge on any atom is -0.464 e. The van der Waals surface area contributed by atoms with Crippen LogP contribution in [0.4, 0.5) is 0 Å². The Morgan fingerprint density at radius 2 is 0.911 bits per heavy atom. The maximum absolute atomic E-state index is 11.3. The number of carbonyl (C=O) groups is 3. The van der Waals surface area contributed by atoms with Gasteiger partial charge in [-0.15, -0.1) is 0 Å². The first kappa shape index (κ1) is 63.8. The summed E-state index contributed by atoms with van der Waals surface area (Å²) in [5.74, 6) is 3.89. The highest BCUT2D eigenvalue weighted by Gasteiger charge is 2.33. The number of carbonyl (C=O) groups excluding carboxylic acids is 3. The summed E-state index contributed by atoms with van der Waals surface area (Å²) in [6.07, 6.45) is 39.4. The van der Waals surface area contributed by atoms with Crippen molar-refractivity contribution >= 4 is 17.9 Å². The minimum atomic E-state index is -0.318. The number of rotatable bonds is 30. The van der Waals surface area contributed by atoms with Gasteiger partial charge in [0.1, 0.15) is 0 Å². The van der Waals surface area contributed by atoms with Crippen LogP contribution >= 0.6 is 0 Å². The van der Waals surface area contributed by atoms with Crippen molar-refractivity contribution in [1.82, 2.24) is 0 Å². The van der Waals surface area contributed by atoms with Crippen LogP contribution in [0.2, 0.25) is 0 Å². The first-order valence-corrected chi connectivity index (χ1v) is 30.6. The molecule has 10 heteroatoms. The van der Waals surface area contributed by atoms with Crippen LogP contribution in [0.25, 0.3) is 11.1 Å². The number of nitrogens with zero attached hydrogens (tertiary/aromatic N) is 3. The fourth-order valence-electron chi connectivity index (χ4n) is 11.9. The smallest absolute Gasteiger partial charge is 0.337 e. The average molecular weight is 1080 g/mol. The molecule has 0 spiro atoms. The fraction of sp³-hybridized carbons (Fsp3) is 0.594. The van der Waals surface area contributed by atoms with Gasteiger partial charge in [0.05, 0.1) is 55.8 Å². The normalized spacial score (nSPS) is 21.1. The zero-order valence-electron chi connectivity index (χ0n) is 47.8. The SMILES string of the molecule is C=CC(=O)OCCCCCCCC1CCC(C2CCC(C#N)CC2)CC1.C=CC(=O)OCCCCCCCC1CCC(c2ccc(C#N)cc2)CC1.N#Cc1ccc(-c2ccc(CCCCCCCOC(=O)C3CO3)cc2)cc1.[HH].[HH].[HH]. The third-order valence-electron chi connectivity index (χ3n) is 17.0. The van der Waals surface area contributed by atoms with Gasteiger partial charge < -0.3 is 18.9 Å². The Hall–Kier alpha value is -6.02. The second-order valence-corrected chi connectivity index (χ2v) is 22.7. The van der Waals surface area contributed by atoms with Crippen LogP contribution < -0.4 is 0 Å². The highest BCUT2D eigenvalue weighted by Crippen LogP contribution is 2.42. The monoisotopic (exact) mass is 1080 g/mol. The van der Waals surface area contributed by atoms with E-state index < -0.39 is 0 Å². The molecule has 7 rings (SSSR count). The van der Waals surface area contributed by atoms with Gasteiger partial charge in [-0.25, -0.2) is 14.4 Å². The van der Waals surface area contributed by atoms with Gasteiger partial charge in [0.15, 0.2) is 6.10 Å². The number of hydrogen-bond donors (Lipinski definition) is 0. The Kier molecular flexibility index (Phi) is 31.1. The number of aryl methyl sites for hydroxylation is 1. The van der Waals surface area contributed by atoms with E-state index in [-0.39, 0.29) is 28.3 Å². The number of epoxide rings is 1. The molecule has 3 aromatic rings. The van der Waals surface area contributed by atoms with Crippen molar-refractivity contribution in [2.24, 2.45) is 29.6 Å². The van der Waals surface area contributed by atoms with E-state index in [9.17, 15) is 14.4 Å². The maximum atomic E-state index is 11.3. The highest BCUT2D eigenvalue weighted by molar-refractivity contribution is 5.81. The van der Waals surface area contributed by atoms with Crippen molar-refractivity contribution in [3.63, 3.8) is 0 Å². The Bertz CT molecular complexity index is 2350. The Morgan fingerprint density at radius 3 is 1.37 bits per heavy atom. The number of esters is 3. The van der Waals surface area contributed by atoms with E-state index in [1.807, 2.05) is 36.4 Å². The molecule has 4 fully saturated rings. The van der Waals surface area contributed by atoms with E-state index in [4.69, 9.17) is 34.7 Å². The Morgan fingerprint density at radius 1 is 0.506 bits per heavy atom. The summed E-state index contributed by atoms with van der Waals surface area (Å²) >= 11 is 0. The molecular formula is C69H99N3O7. The lowest BCUT2D eigenvalue weighted by molar-refractivity contribution is -0.145. The summed E-state index contributed by atoms with van der Waals surface area (Å²) in [6, 6.07) is 31.3. The quantitative estimate of drug-likeness (QED) is 0.0206. The van der Waals surface area contributed by atoms with Gasteiger partial charge in [-0.1, -0.05) is 158 Å². The van der Waals surface area contributed by atoms with Gasteiger partial charge in [-0.05, 0) is 172 Å². The third kappa shape index (κ3) is 26.2. The molecule has 0 radical (unpaired) electrons. The number of ether oxygens (including phenoxy) is 4. The minimum absolute atomic E-state index is 0. The highest BCUT2D eigenvalue weighted by atomic mass is 16.6. The predicted molar refractivity (Wildman–Crippen MR) is 321 cm³/mol. The summed E-state index contributed by atoms with van der Waals surface area (Å²) in [5, 5.41) is 26.8. The summed E-state index contributed by atoms with van der Waals surface area (Å²) in [5.41, 5.74) is 6.50. The number of nitriles is 3. The lowest BCUT2D eigenvalue weighted by atomic mass is 9.69. The van der Waals surface area contributed by atoms with E-state index in [1.165, 1.54) is 164 Å². The maximum Gasteiger partial charge on any atom is 0.337 e. The molecule has 3 aromatic carbocycles. The third-order valence-corrected chi connectivity index (χ3v) is 17.0. The Balaban J connectivity index is 0.000000413. The van der Waals surface area contributed by atoms with Gasteiger partial charge in [0.25, 0.3) is 0 Å². The standard InChI is InChI=1S/C23H25NO3.C23H37NO2.C23H31NO2.3H2/c24-16-19-9-13-21(14-10-19)20-11-7-18(8-12-20)6-4-2-1-3-5-15-26-23(25)22-17-27-22;2*1-2-23(25)26-17-7-5-3-4-6-8-19-9-13-21(14-10-19)22-15-11-20(18-24)12-16-22;;;/h7-14,22H,1-6,15,17H2;2,19-22H,1,3-17H2;2,11-12,15-16,19,21H,1,3-10,13-14,17H2;3*1H. The first-order valence-electron chi connectivity index (χ1n) is 30.6. The predicted octanol–water partition coefficient (Wildman–Crippen LogP) is 17.5. The van der Waals surface area contributed by atoms with Gasteiger partial charge in [-0.3, -0.25) is 0 Å². The van der Waals surface area contributed by atoms with Crippen LogP contribution in [0.3, 0.4) is 0 Å². The van der Waals surface area contributed by atoms with Crippen molar-refractivity contribution in [1.29, 1.82) is 15.8 Å². The molecule has 0 N–H and O–H groups in total. The van der Waals surface area contributed by atoms with E-state index in [0.717, 1.165) is 92.6 Å². The second kappa shape index (κ2) is 38.6. The topological polar surface area (TPSA) is 163 Å². The van der Waals surface area contributed by atoms with Crippen LogP contribution in [-0.4, -0.2) is 50.4 Å². The van der Waals surface area contributed by atoms with E-state index >= 15 is 0 Å². The van der Waals surface area contributed by atoms with Crippen LogP contribution in [0.5, 0.6) is 0 Å². The number of hydrogen-bond acceptors (Lipinski definition) is 10. The molecule has 10 nitrogen and oxygen atoms in total. The summed E-state index contributed by atoms with van der Waals surface area (Å²) in [4.78, 5) is 33.1. The van der Waals surface area contributed by atoms with Gasteiger partial charge in [-0.2, -0.15) is 15.8 Å². The van der Waals surface area contributed by atoms with Gasteiger partial charge in [0.2, 0.25) is 0 Å². The Labute approximate surface area is 479 Å². The van der Waals surface area contributed by atoms with Crippen molar-refractivity contribution in [3.8, 4) is 29.3 Å². The van der Waals surface area contributed by atoms with E-state index in [1.54, 1.807) is 0 Å². The summed E-state index contributed by atoms with van der Waals surface area (Å²) < 4.78 is 20.0. The zero-order chi connectivity index (χ0) is 56.1. The zero-order valence-corrected chi connectivity index (χ0v) is 47.8. The first-order chi connectivity index (χ1) is 38.7. The lowest BCUT2D eigenvalue weighted by Gasteiger charge is -2.36. The van der Waals surface area contributed by atoms with Gasteiger partial charge in [0, 0.05) is 22.3 Å². The molecule has 4 aliphatic rings. The number of benzene rings is 3. The van der Waals surface area contributed by atoms with Crippen LogP contribution in [-0.2, 0) is 39.8 Å². The average Bonchev–Trinajstić information content (AvgIpc) is 4.36. The molecule has 0 amide bonds. The number of unbranched alkanes of at least 4 members (excludes halogenated alkanes) is 12. The molecule has 3 aliphatic carbocycles. The van der Waals surface area contributed by atoms with Crippen LogP contribution in [0, 0.1) is 63.6 Å². The van der Waals surface area contributed by atoms with Crippen LogP contribution in [0.15, 0.2) is 98.1 Å². The van der Waals surface area contributed by atoms with Crippen molar-refractivity contribution in [2.75, 3.05) is 26.4 Å². The molecule has 0 aromatic heterocycles. The van der Waals surface area contributed by atoms with Crippen molar-refractivity contribution in [2.45, 2.75) is 205 Å². The molecule has 432 valence electrons. The lowest BCUT2D eigenvalue weighted by Crippen LogP contribution is -2.25. The molecule has 1 unspecified atom stereocenters.